The second-order valence-electron chi connectivity index (χ2n) is 5.73. The Morgan fingerprint density at radius 3 is 2.58 bits per heavy atom. The minimum Gasteiger partial charge on any atom is -0.434 e. The lowest BCUT2D eigenvalue weighted by Gasteiger charge is -2.10. The number of anilines is 2. The highest BCUT2D eigenvalue weighted by Gasteiger charge is 2.25. The normalized spacial score (nSPS) is 10.4. The molecule has 132 valence electrons. The van der Waals surface area contributed by atoms with Crippen LogP contribution in [0.2, 0.25) is 0 Å². The molecule has 0 saturated carbocycles. The monoisotopic (exact) mass is 350 g/mol. The highest BCUT2D eigenvalue weighted by Crippen LogP contribution is 2.35. The number of aryl methyl sites for hydroxylation is 2. The van der Waals surface area contributed by atoms with E-state index in [0.29, 0.717) is 11.4 Å². The topological polar surface area (TPSA) is 90.2 Å². The maximum atomic E-state index is 11.6. The lowest BCUT2D eigenvalue weighted by Crippen LogP contribution is -2.03. The molecule has 0 radical (unpaired) electrons. The lowest BCUT2D eigenvalue weighted by atomic mass is 10.2. The first-order chi connectivity index (χ1) is 12.6. The van der Waals surface area contributed by atoms with Crippen LogP contribution in [0.1, 0.15) is 18.1 Å². The van der Waals surface area contributed by atoms with Crippen LogP contribution in [0.15, 0.2) is 54.9 Å². The van der Waals surface area contributed by atoms with E-state index in [4.69, 9.17) is 4.74 Å². The van der Waals surface area contributed by atoms with E-state index in [-0.39, 0.29) is 17.4 Å². The molecule has 3 aromatic rings. The SMILES string of the molecule is CCc1ccc(Oc2ncnc(Nc3cccc(C)c3)c2[N+](=O)[O-])cc1. The number of rotatable bonds is 6. The van der Waals surface area contributed by atoms with Crippen molar-refractivity contribution in [2.24, 2.45) is 0 Å². The number of hydrogen-bond acceptors (Lipinski definition) is 6. The van der Waals surface area contributed by atoms with E-state index < -0.39 is 4.92 Å². The molecule has 1 heterocycles. The zero-order valence-electron chi connectivity index (χ0n) is 14.5. The molecule has 0 fully saturated rings. The van der Waals surface area contributed by atoms with Gasteiger partial charge in [0.2, 0.25) is 5.82 Å². The van der Waals surface area contributed by atoms with Crippen LogP contribution in [0.5, 0.6) is 11.6 Å². The fraction of sp³-hybridized carbons (Fsp3) is 0.158. The predicted octanol–water partition coefficient (Wildman–Crippen LogP) is 4.79. The summed E-state index contributed by atoms with van der Waals surface area (Å²) in [6, 6.07) is 14.8. The Hall–Kier alpha value is -3.48. The molecule has 26 heavy (non-hydrogen) atoms. The van der Waals surface area contributed by atoms with Crippen molar-refractivity contribution in [3.05, 3.63) is 76.1 Å². The van der Waals surface area contributed by atoms with Crippen LogP contribution in [-0.4, -0.2) is 14.9 Å². The molecule has 7 heteroatoms. The standard InChI is InChI=1S/C19H18N4O3/c1-3-14-7-9-16(10-8-14)26-19-17(23(24)25)18(20-12-21-19)22-15-6-4-5-13(2)11-15/h4-12H,3H2,1-2H3,(H,20,21,22). The third-order valence-electron chi connectivity index (χ3n) is 3.80. The maximum absolute atomic E-state index is 11.6. The van der Waals surface area contributed by atoms with E-state index in [9.17, 15) is 10.1 Å². The largest absolute Gasteiger partial charge is 0.434 e. The highest BCUT2D eigenvalue weighted by molar-refractivity contribution is 5.69. The molecule has 0 spiro atoms. The number of nitrogens with one attached hydrogen (secondary N) is 1. The Morgan fingerprint density at radius 1 is 1.15 bits per heavy atom. The van der Waals surface area contributed by atoms with Crippen LogP contribution < -0.4 is 10.1 Å². The average molecular weight is 350 g/mol. The number of nitro groups is 1. The van der Waals surface area contributed by atoms with Crippen molar-refractivity contribution in [2.75, 3.05) is 5.32 Å². The third kappa shape index (κ3) is 3.94. The first-order valence-corrected chi connectivity index (χ1v) is 8.16. The van der Waals surface area contributed by atoms with E-state index in [1.165, 1.54) is 6.33 Å². The fourth-order valence-corrected chi connectivity index (χ4v) is 2.46. The van der Waals surface area contributed by atoms with Gasteiger partial charge in [0.15, 0.2) is 0 Å². The van der Waals surface area contributed by atoms with E-state index in [1.807, 2.05) is 50.2 Å². The lowest BCUT2D eigenvalue weighted by molar-refractivity contribution is -0.385. The average Bonchev–Trinajstić information content (AvgIpc) is 2.62. The molecular weight excluding hydrogens is 332 g/mol. The molecule has 0 bridgehead atoms. The third-order valence-corrected chi connectivity index (χ3v) is 3.80. The second-order valence-corrected chi connectivity index (χ2v) is 5.73. The van der Waals surface area contributed by atoms with Crippen molar-refractivity contribution >= 4 is 17.2 Å². The summed E-state index contributed by atoms with van der Waals surface area (Å²) in [5.74, 6) is 0.450. The number of hydrogen-bond donors (Lipinski definition) is 1. The quantitative estimate of drug-likeness (QED) is 0.508. The van der Waals surface area contributed by atoms with Crippen molar-refractivity contribution in [1.82, 2.24) is 9.97 Å². The minimum absolute atomic E-state index is 0.0794. The van der Waals surface area contributed by atoms with Crippen molar-refractivity contribution in [3.8, 4) is 11.6 Å². The van der Waals surface area contributed by atoms with Gasteiger partial charge >= 0.3 is 11.6 Å². The molecule has 0 amide bonds. The van der Waals surface area contributed by atoms with Gasteiger partial charge in [0.1, 0.15) is 12.1 Å². The smallest absolute Gasteiger partial charge is 0.373 e. The van der Waals surface area contributed by atoms with Gasteiger partial charge in [0.25, 0.3) is 0 Å². The Morgan fingerprint density at radius 2 is 1.92 bits per heavy atom. The van der Waals surface area contributed by atoms with Crippen LogP contribution in [0.25, 0.3) is 0 Å². The van der Waals surface area contributed by atoms with Gasteiger partial charge in [0.05, 0.1) is 4.92 Å². The maximum Gasteiger partial charge on any atom is 0.373 e. The number of benzene rings is 2. The molecule has 2 aromatic carbocycles. The van der Waals surface area contributed by atoms with Gasteiger partial charge in [-0.1, -0.05) is 31.2 Å². The molecule has 0 unspecified atom stereocenters. The molecule has 1 N–H and O–H groups in total. The molecule has 1 aromatic heterocycles. The summed E-state index contributed by atoms with van der Waals surface area (Å²) in [5, 5.41) is 14.6. The summed E-state index contributed by atoms with van der Waals surface area (Å²) >= 11 is 0. The summed E-state index contributed by atoms with van der Waals surface area (Å²) in [4.78, 5) is 19.0. The Balaban J connectivity index is 1.93. The fourth-order valence-electron chi connectivity index (χ4n) is 2.46. The van der Waals surface area contributed by atoms with E-state index in [1.54, 1.807) is 12.1 Å². The molecule has 0 saturated heterocycles. The molecular formula is C19H18N4O3. The van der Waals surface area contributed by atoms with E-state index in [0.717, 1.165) is 17.5 Å². The van der Waals surface area contributed by atoms with Gasteiger partial charge in [0, 0.05) is 5.69 Å². The summed E-state index contributed by atoms with van der Waals surface area (Å²) in [6.45, 7) is 3.99. The van der Waals surface area contributed by atoms with Gasteiger partial charge in [-0.3, -0.25) is 10.1 Å². The Kier molecular flexibility index (Phi) is 5.07. The van der Waals surface area contributed by atoms with E-state index >= 15 is 0 Å². The first-order valence-electron chi connectivity index (χ1n) is 8.16. The molecule has 0 aliphatic heterocycles. The number of nitrogens with zero attached hydrogens (tertiary/aromatic N) is 3. The molecule has 3 rings (SSSR count). The van der Waals surface area contributed by atoms with Gasteiger partial charge < -0.3 is 10.1 Å². The first kappa shape index (κ1) is 17.3. The summed E-state index contributed by atoms with van der Waals surface area (Å²) in [5.41, 5.74) is 2.56. The van der Waals surface area contributed by atoms with Crippen molar-refractivity contribution < 1.29 is 9.66 Å². The predicted molar refractivity (Wildman–Crippen MR) is 99.0 cm³/mol. The number of ether oxygens (including phenoxy) is 1. The molecule has 0 atom stereocenters. The Labute approximate surface area is 150 Å². The van der Waals surface area contributed by atoms with Crippen LogP contribution >= 0.6 is 0 Å². The number of aromatic nitrogens is 2. The minimum atomic E-state index is -0.548. The van der Waals surface area contributed by atoms with Crippen molar-refractivity contribution in [1.29, 1.82) is 0 Å². The van der Waals surface area contributed by atoms with Crippen molar-refractivity contribution in [2.45, 2.75) is 20.3 Å². The van der Waals surface area contributed by atoms with Crippen LogP contribution in [0, 0.1) is 17.0 Å². The highest BCUT2D eigenvalue weighted by atomic mass is 16.6. The summed E-state index contributed by atoms with van der Waals surface area (Å²) < 4.78 is 5.64. The van der Waals surface area contributed by atoms with Crippen molar-refractivity contribution in [3.63, 3.8) is 0 Å². The zero-order valence-corrected chi connectivity index (χ0v) is 14.5. The molecule has 0 aliphatic rings. The van der Waals surface area contributed by atoms with E-state index in [2.05, 4.69) is 15.3 Å². The van der Waals surface area contributed by atoms with Gasteiger partial charge in [-0.15, -0.1) is 0 Å². The molecule has 0 aliphatic carbocycles. The van der Waals surface area contributed by atoms with Gasteiger partial charge in [-0.05, 0) is 48.7 Å². The van der Waals surface area contributed by atoms with Crippen LogP contribution in [0.4, 0.5) is 17.2 Å². The summed E-state index contributed by atoms with van der Waals surface area (Å²) in [6.07, 6.45) is 2.14. The van der Waals surface area contributed by atoms with Crippen LogP contribution in [0.3, 0.4) is 0 Å². The summed E-state index contributed by atoms with van der Waals surface area (Å²) in [7, 11) is 0. The van der Waals surface area contributed by atoms with Crippen LogP contribution in [-0.2, 0) is 6.42 Å². The molecule has 7 nitrogen and oxygen atoms in total. The van der Waals surface area contributed by atoms with Gasteiger partial charge in [-0.2, -0.15) is 4.98 Å². The Bertz CT molecular complexity index is 926. The van der Waals surface area contributed by atoms with Gasteiger partial charge in [-0.25, -0.2) is 4.98 Å². The second kappa shape index (κ2) is 7.60. The zero-order chi connectivity index (χ0) is 18.5.